The van der Waals surface area contributed by atoms with Gasteiger partial charge < -0.3 is 4.53 Å². The van der Waals surface area contributed by atoms with Crippen molar-refractivity contribution in [2.24, 2.45) is 0 Å². The second-order valence-corrected chi connectivity index (χ2v) is 13.4. The molecule has 1 atom stereocenters. The van der Waals surface area contributed by atoms with Crippen LogP contribution in [0.5, 0.6) is 0 Å². The van der Waals surface area contributed by atoms with Crippen LogP contribution in [0.25, 0.3) is 10.8 Å². The lowest BCUT2D eigenvalue weighted by Gasteiger charge is -2.37. The lowest BCUT2D eigenvalue weighted by molar-refractivity contribution is 0.0953. The highest BCUT2D eigenvalue weighted by Gasteiger charge is 2.30. The zero-order chi connectivity index (χ0) is 22.6. The summed E-state index contributed by atoms with van der Waals surface area (Å²) in [6.07, 6.45) is 0.321. The number of nitrogens with zero attached hydrogens (tertiary/aromatic N) is 1. The fraction of sp³-hybridized carbons (Fsp3) is 0.179. The highest BCUT2D eigenvalue weighted by atomic mass is 28.4. The van der Waals surface area contributed by atoms with E-state index in [0.29, 0.717) is 6.42 Å². The van der Waals surface area contributed by atoms with Gasteiger partial charge in [-0.2, -0.15) is 0 Å². The number of ketones is 1. The van der Waals surface area contributed by atoms with E-state index in [0.717, 1.165) is 27.6 Å². The van der Waals surface area contributed by atoms with Gasteiger partial charge in [-0.1, -0.05) is 84.9 Å². The molecule has 0 amide bonds. The molecule has 0 aliphatic carbocycles. The number of para-hydroxylation sites is 1. The number of carbonyl (C=O) groups excluding carboxylic acids is 1. The quantitative estimate of drug-likeness (QED) is 0.162. The summed E-state index contributed by atoms with van der Waals surface area (Å²) in [6, 6.07) is 34.1. The monoisotopic (exact) mass is 439 g/mol. The van der Waals surface area contributed by atoms with Gasteiger partial charge >= 0.3 is 0 Å². The molecule has 32 heavy (non-hydrogen) atoms. The maximum absolute atomic E-state index is 13.5. The van der Waals surface area contributed by atoms with Crippen molar-refractivity contribution >= 4 is 30.6 Å². The summed E-state index contributed by atoms with van der Waals surface area (Å²) in [5.74, 6) is 0.102. The second kappa shape index (κ2) is 9.51. The number of rotatable bonds is 8. The summed E-state index contributed by atoms with van der Waals surface area (Å²) in [5.41, 5.74) is 2.74. The van der Waals surface area contributed by atoms with Crippen molar-refractivity contribution < 1.29 is 9.32 Å². The Morgan fingerprint density at radius 2 is 1.38 bits per heavy atom. The van der Waals surface area contributed by atoms with Gasteiger partial charge in [0.05, 0.1) is 11.7 Å². The Kier molecular flexibility index (Phi) is 6.54. The van der Waals surface area contributed by atoms with Crippen LogP contribution in [-0.4, -0.2) is 14.1 Å². The molecule has 4 heteroatoms. The van der Waals surface area contributed by atoms with Crippen LogP contribution < -0.4 is 5.06 Å². The maximum atomic E-state index is 13.5. The summed E-state index contributed by atoms with van der Waals surface area (Å²) in [7, 11) is -1.95. The summed E-state index contributed by atoms with van der Waals surface area (Å²) in [4.78, 5) is 13.5. The van der Waals surface area contributed by atoms with Crippen molar-refractivity contribution in [2.75, 3.05) is 5.06 Å². The molecule has 4 aromatic carbocycles. The molecule has 0 aliphatic rings. The van der Waals surface area contributed by atoms with Crippen LogP contribution in [0.4, 0.5) is 5.69 Å². The predicted molar refractivity (Wildman–Crippen MR) is 135 cm³/mol. The molecular weight excluding hydrogens is 410 g/mol. The first-order valence-electron chi connectivity index (χ1n) is 11.0. The molecule has 0 heterocycles. The molecule has 0 aromatic heterocycles. The molecule has 0 fully saturated rings. The van der Waals surface area contributed by atoms with Crippen molar-refractivity contribution in [3.05, 3.63) is 114 Å². The van der Waals surface area contributed by atoms with Crippen molar-refractivity contribution in [1.29, 1.82) is 0 Å². The van der Waals surface area contributed by atoms with Crippen molar-refractivity contribution in [3.8, 4) is 0 Å². The van der Waals surface area contributed by atoms with Crippen LogP contribution in [0.1, 0.15) is 28.4 Å². The number of carbonyl (C=O) groups is 1. The summed E-state index contributed by atoms with van der Waals surface area (Å²) < 4.78 is 6.57. The molecule has 0 saturated heterocycles. The van der Waals surface area contributed by atoms with E-state index in [-0.39, 0.29) is 11.8 Å². The maximum Gasteiger partial charge on any atom is 0.220 e. The third-order valence-electron chi connectivity index (χ3n) is 5.30. The van der Waals surface area contributed by atoms with Crippen molar-refractivity contribution in [1.82, 2.24) is 0 Å². The normalized spacial score (nSPS) is 12.5. The van der Waals surface area contributed by atoms with Gasteiger partial charge in [0.25, 0.3) is 0 Å². The topological polar surface area (TPSA) is 29.5 Å². The molecule has 4 aromatic rings. The van der Waals surface area contributed by atoms with Gasteiger partial charge in [0, 0.05) is 12.0 Å². The summed E-state index contributed by atoms with van der Waals surface area (Å²) in [5, 5.41) is 4.17. The number of Topliss-reactive ketones (excluding diaryl/α,β-unsaturated/α-hetero) is 1. The lowest BCUT2D eigenvalue weighted by Crippen LogP contribution is -2.40. The van der Waals surface area contributed by atoms with Crippen LogP contribution in [0.15, 0.2) is 103 Å². The number of anilines is 1. The van der Waals surface area contributed by atoms with Crippen LogP contribution in [0.3, 0.4) is 0 Å². The number of hydrogen-bond donors (Lipinski definition) is 0. The van der Waals surface area contributed by atoms with Crippen LogP contribution >= 0.6 is 0 Å². The van der Waals surface area contributed by atoms with Crippen molar-refractivity contribution in [3.63, 3.8) is 0 Å². The first kappa shape index (κ1) is 22.0. The fourth-order valence-corrected chi connectivity index (χ4v) is 4.66. The number of benzene rings is 4. The smallest absolute Gasteiger partial charge is 0.220 e. The van der Waals surface area contributed by atoms with E-state index >= 15 is 0 Å². The highest BCUT2D eigenvalue weighted by Crippen LogP contribution is 2.33. The SMILES string of the molecule is C[Si](C)(C)ON(c1ccccc1)C(CC(=O)c1ccc2ccccc2c1)c1ccccc1. The third-order valence-corrected chi connectivity index (χ3v) is 6.04. The Balaban J connectivity index is 1.72. The van der Waals surface area contributed by atoms with Crippen LogP contribution in [0.2, 0.25) is 19.6 Å². The van der Waals surface area contributed by atoms with Crippen LogP contribution in [0, 0.1) is 0 Å². The molecule has 0 saturated carbocycles. The average Bonchev–Trinajstić information content (AvgIpc) is 2.81. The first-order chi connectivity index (χ1) is 15.4. The number of hydroxylamine groups is 1. The minimum atomic E-state index is -1.95. The van der Waals surface area contributed by atoms with E-state index in [1.165, 1.54) is 0 Å². The molecule has 4 rings (SSSR count). The van der Waals surface area contributed by atoms with Gasteiger partial charge in [-0.15, -0.1) is 0 Å². The highest BCUT2D eigenvalue weighted by molar-refractivity contribution is 6.69. The Morgan fingerprint density at radius 3 is 2.03 bits per heavy atom. The molecule has 0 aliphatic heterocycles. The van der Waals surface area contributed by atoms with Gasteiger partial charge in [-0.25, -0.2) is 0 Å². The zero-order valence-electron chi connectivity index (χ0n) is 18.9. The first-order valence-corrected chi connectivity index (χ1v) is 14.4. The molecule has 0 radical (unpaired) electrons. The van der Waals surface area contributed by atoms with E-state index in [9.17, 15) is 4.79 Å². The molecular formula is C28H29NO2Si. The van der Waals surface area contributed by atoms with Gasteiger partial charge in [0.1, 0.15) is 0 Å². The van der Waals surface area contributed by atoms with E-state index in [2.05, 4.69) is 37.8 Å². The van der Waals surface area contributed by atoms with Crippen molar-refractivity contribution in [2.45, 2.75) is 32.1 Å². The van der Waals surface area contributed by atoms with Gasteiger partial charge in [0.2, 0.25) is 8.32 Å². The Hall–Kier alpha value is -3.21. The summed E-state index contributed by atoms with van der Waals surface area (Å²) >= 11 is 0. The third kappa shape index (κ3) is 5.33. The van der Waals surface area contributed by atoms with E-state index < -0.39 is 8.32 Å². The molecule has 0 N–H and O–H groups in total. The number of fused-ring (bicyclic) bond motifs is 1. The largest absolute Gasteiger partial charge is 0.320 e. The minimum absolute atomic E-state index is 0.102. The molecule has 1 unspecified atom stereocenters. The summed E-state index contributed by atoms with van der Waals surface area (Å²) in [6.45, 7) is 6.49. The Bertz CT molecular complexity index is 1190. The Labute approximate surface area is 191 Å². The minimum Gasteiger partial charge on any atom is -0.320 e. The fourth-order valence-electron chi connectivity index (χ4n) is 3.83. The second-order valence-electron chi connectivity index (χ2n) is 8.98. The molecule has 0 spiro atoms. The molecule has 162 valence electrons. The van der Waals surface area contributed by atoms with E-state index in [1.54, 1.807) is 0 Å². The van der Waals surface area contributed by atoms with Gasteiger partial charge in [-0.05, 0) is 54.2 Å². The van der Waals surface area contributed by atoms with Gasteiger partial charge in [-0.3, -0.25) is 9.86 Å². The Morgan fingerprint density at radius 1 is 0.781 bits per heavy atom. The number of hydrogen-bond acceptors (Lipinski definition) is 3. The zero-order valence-corrected chi connectivity index (χ0v) is 19.9. The predicted octanol–water partition coefficient (Wildman–Crippen LogP) is 7.43. The van der Waals surface area contributed by atoms with Gasteiger partial charge in [0.15, 0.2) is 5.78 Å². The molecule has 0 bridgehead atoms. The standard InChI is InChI=1S/C28H29NO2Si/c1-32(2,3)31-29(26-16-8-5-9-17-26)27(23-13-6-4-7-14-23)21-28(30)25-19-18-22-12-10-11-15-24(22)20-25/h4-20,27H,21H2,1-3H3. The molecule has 3 nitrogen and oxygen atoms in total. The lowest BCUT2D eigenvalue weighted by atomic mass is 9.96. The average molecular weight is 440 g/mol. The van der Waals surface area contributed by atoms with E-state index in [4.69, 9.17) is 4.53 Å². The van der Waals surface area contributed by atoms with E-state index in [1.807, 2.05) is 90.0 Å². The van der Waals surface area contributed by atoms with Crippen LogP contribution in [-0.2, 0) is 4.53 Å².